The molecule has 1 unspecified atom stereocenters. The van der Waals surface area contributed by atoms with E-state index in [1.807, 2.05) is 38.1 Å². The van der Waals surface area contributed by atoms with Gasteiger partial charge in [0, 0.05) is 17.3 Å². The number of pyridine rings is 1. The number of hydrogen-bond donors (Lipinski definition) is 3. The number of nitrogens with one attached hydrogen (secondary N) is 3. The molecule has 1 aliphatic rings. The maximum absolute atomic E-state index is 12.2. The molecule has 2 aromatic heterocycles. The van der Waals surface area contributed by atoms with E-state index in [-0.39, 0.29) is 0 Å². The summed E-state index contributed by atoms with van der Waals surface area (Å²) in [6, 6.07) is 9.56. The number of aromatic nitrogens is 3. The van der Waals surface area contributed by atoms with Gasteiger partial charge in [-0.1, -0.05) is 0 Å². The number of carbonyl (C=O) groups excluding carboxylic acids is 1. The monoisotopic (exact) mass is 404 g/mol. The van der Waals surface area contributed by atoms with E-state index in [2.05, 4.69) is 30.9 Å². The summed E-state index contributed by atoms with van der Waals surface area (Å²) in [5.74, 6) is 1.22. The molecule has 154 valence electrons. The highest BCUT2D eigenvalue weighted by Crippen LogP contribution is 2.26. The van der Waals surface area contributed by atoms with Crippen LogP contribution in [0, 0.1) is 13.8 Å². The third kappa shape index (κ3) is 4.90. The SMILES string of the molecule is Cc1ccc(NC(=O)Nc2cncc(-c3ccc(OCC4CCN4)c(C)c3)n2)cn1. The molecule has 3 aromatic rings. The van der Waals surface area contributed by atoms with Crippen LogP contribution in [0.3, 0.4) is 0 Å². The summed E-state index contributed by atoms with van der Waals surface area (Å²) in [6.07, 6.45) is 5.93. The van der Waals surface area contributed by atoms with Crippen molar-refractivity contribution in [3.63, 3.8) is 0 Å². The molecular formula is C22H24N6O2. The van der Waals surface area contributed by atoms with Crippen molar-refractivity contribution in [1.29, 1.82) is 0 Å². The van der Waals surface area contributed by atoms with Crippen molar-refractivity contribution in [1.82, 2.24) is 20.3 Å². The molecule has 1 atom stereocenters. The lowest BCUT2D eigenvalue weighted by molar-refractivity contribution is 0.216. The van der Waals surface area contributed by atoms with Gasteiger partial charge < -0.3 is 15.4 Å². The minimum absolute atomic E-state index is 0.360. The summed E-state index contributed by atoms with van der Waals surface area (Å²) in [5, 5.41) is 8.75. The molecule has 0 spiro atoms. The Balaban J connectivity index is 1.41. The summed E-state index contributed by atoms with van der Waals surface area (Å²) in [4.78, 5) is 25.1. The van der Waals surface area contributed by atoms with Gasteiger partial charge in [0.25, 0.3) is 0 Å². The van der Waals surface area contributed by atoms with Gasteiger partial charge in [0.1, 0.15) is 12.4 Å². The molecule has 4 rings (SSSR count). The highest BCUT2D eigenvalue weighted by Gasteiger charge is 2.17. The zero-order valence-electron chi connectivity index (χ0n) is 17.0. The molecule has 8 nitrogen and oxygen atoms in total. The maximum atomic E-state index is 12.2. The van der Waals surface area contributed by atoms with Crippen LogP contribution in [0.15, 0.2) is 48.9 Å². The van der Waals surface area contributed by atoms with Gasteiger partial charge >= 0.3 is 6.03 Å². The Morgan fingerprint density at radius 2 is 2.03 bits per heavy atom. The van der Waals surface area contributed by atoms with E-state index in [4.69, 9.17) is 4.74 Å². The van der Waals surface area contributed by atoms with Crippen LogP contribution in [0.5, 0.6) is 5.75 Å². The van der Waals surface area contributed by atoms with Crippen LogP contribution in [0.4, 0.5) is 16.3 Å². The Labute approximate surface area is 175 Å². The molecule has 30 heavy (non-hydrogen) atoms. The molecule has 3 N–H and O–H groups in total. The number of carbonyl (C=O) groups is 1. The number of ether oxygens (including phenoxy) is 1. The average molecular weight is 404 g/mol. The van der Waals surface area contributed by atoms with Gasteiger partial charge in [-0.2, -0.15) is 0 Å². The fraction of sp³-hybridized carbons (Fsp3) is 0.273. The Hall–Kier alpha value is -3.52. The molecule has 3 heterocycles. The fourth-order valence-corrected chi connectivity index (χ4v) is 3.04. The fourth-order valence-electron chi connectivity index (χ4n) is 3.04. The number of rotatable bonds is 6. The molecule has 2 amide bonds. The second kappa shape index (κ2) is 8.87. The van der Waals surface area contributed by atoms with Crippen molar-refractivity contribution in [3.8, 4) is 17.0 Å². The molecule has 1 fully saturated rings. The maximum Gasteiger partial charge on any atom is 0.324 e. The van der Waals surface area contributed by atoms with Crippen LogP contribution in [-0.2, 0) is 0 Å². The normalized spacial score (nSPS) is 15.2. The Bertz CT molecular complexity index is 1030. The van der Waals surface area contributed by atoms with Crippen LogP contribution in [-0.4, -0.2) is 40.2 Å². The lowest BCUT2D eigenvalue weighted by atomic mass is 10.1. The van der Waals surface area contributed by atoms with Crippen molar-refractivity contribution in [2.75, 3.05) is 23.8 Å². The molecule has 1 aliphatic heterocycles. The molecular weight excluding hydrogens is 380 g/mol. The number of aryl methyl sites for hydroxylation is 2. The van der Waals surface area contributed by atoms with Crippen molar-refractivity contribution in [2.24, 2.45) is 0 Å². The summed E-state index contributed by atoms with van der Waals surface area (Å²) in [7, 11) is 0. The number of benzene rings is 1. The zero-order chi connectivity index (χ0) is 20.9. The van der Waals surface area contributed by atoms with E-state index >= 15 is 0 Å². The first-order valence-electron chi connectivity index (χ1n) is 9.87. The number of urea groups is 1. The second-order valence-electron chi connectivity index (χ2n) is 7.29. The number of anilines is 2. The molecule has 0 bridgehead atoms. The zero-order valence-corrected chi connectivity index (χ0v) is 17.0. The molecule has 8 heteroatoms. The number of nitrogens with zero attached hydrogens (tertiary/aromatic N) is 3. The quantitative estimate of drug-likeness (QED) is 0.581. The third-order valence-electron chi connectivity index (χ3n) is 4.88. The average Bonchev–Trinajstić information content (AvgIpc) is 2.70. The summed E-state index contributed by atoms with van der Waals surface area (Å²) >= 11 is 0. The Morgan fingerprint density at radius 3 is 2.73 bits per heavy atom. The summed E-state index contributed by atoms with van der Waals surface area (Å²) in [5.41, 5.74) is 4.08. The van der Waals surface area contributed by atoms with Crippen LogP contribution in [0.25, 0.3) is 11.3 Å². The highest BCUT2D eigenvalue weighted by atomic mass is 16.5. The number of hydrogen-bond acceptors (Lipinski definition) is 6. The van der Waals surface area contributed by atoms with Gasteiger partial charge in [0.15, 0.2) is 5.82 Å². The van der Waals surface area contributed by atoms with Crippen LogP contribution < -0.4 is 20.7 Å². The molecule has 0 radical (unpaired) electrons. The Kier molecular flexibility index (Phi) is 5.85. The van der Waals surface area contributed by atoms with Gasteiger partial charge in [0.2, 0.25) is 0 Å². The minimum Gasteiger partial charge on any atom is -0.492 e. The largest absolute Gasteiger partial charge is 0.492 e. The van der Waals surface area contributed by atoms with E-state index in [0.29, 0.717) is 29.8 Å². The van der Waals surface area contributed by atoms with E-state index in [0.717, 1.165) is 35.5 Å². The number of amides is 2. The predicted molar refractivity (Wildman–Crippen MR) is 116 cm³/mol. The topological polar surface area (TPSA) is 101 Å². The van der Waals surface area contributed by atoms with E-state index < -0.39 is 6.03 Å². The molecule has 1 aromatic carbocycles. The lowest BCUT2D eigenvalue weighted by Gasteiger charge is -2.27. The first-order valence-corrected chi connectivity index (χ1v) is 9.87. The third-order valence-corrected chi connectivity index (χ3v) is 4.88. The van der Waals surface area contributed by atoms with E-state index in [1.165, 1.54) is 6.20 Å². The van der Waals surface area contributed by atoms with E-state index in [9.17, 15) is 4.79 Å². The lowest BCUT2D eigenvalue weighted by Crippen LogP contribution is -2.46. The van der Waals surface area contributed by atoms with E-state index in [1.54, 1.807) is 18.5 Å². The van der Waals surface area contributed by atoms with Gasteiger partial charge in [-0.25, -0.2) is 9.78 Å². The molecule has 0 saturated carbocycles. The summed E-state index contributed by atoms with van der Waals surface area (Å²) < 4.78 is 5.90. The van der Waals surface area contributed by atoms with Crippen molar-refractivity contribution < 1.29 is 9.53 Å². The van der Waals surface area contributed by atoms with Gasteiger partial charge in [-0.15, -0.1) is 0 Å². The van der Waals surface area contributed by atoms with Crippen molar-refractivity contribution >= 4 is 17.5 Å². The molecule has 1 saturated heterocycles. The first kappa shape index (κ1) is 19.8. The standard InChI is InChI=1S/C22H24N6O2/c1-14-9-16(4-6-20(14)30-13-18-7-8-24-18)19-11-23-12-21(27-19)28-22(29)26-17-5-3-15(2)25-10-17/h3-6,9-12,18,24H,7-8,13H2,1-2H3,(H2,26,27,28,29). The first-order chi connectivity index (χ1) is 14.6. The smallest absolute Gasteiger partial charge is 0.324 e. The summed E-state index contributed by atoms with van der Waals surface area (Å²) in [6.45, 7) is 5.63. The highest BCUT2D eigenvalue weighted by molar-refractivity contribution is 5.99. The van der Waals surface area contributed by atoms with Crippen molar-refractivity contribution in [2.45, 2.75) is 26.3 Å². The Morgan fingerprint density at radius 1 is 1.17 bits per heavy atom. The van der Waals surface area contributed by atoms with Crippen LogP contribution in [0.2, 0.25) is 0 Å². The van der Waals surface area contributed by atoms with Crippen LogP contribution in [0.1, 0.15) is 17.7 Å². The minimum atomic E-state index is -0.406. The predicted octanol–water partition coefficient (Wildman–Crippen LogP) is 3.54. The second-order valence-corrected chi connectivity index (χ2v) is 7.29. The van der Waals surface area contributed by atoms with Crippen molar-refractivity contribution in [3.05, 3.63) is 60.2 Å². The molecule has 0 aliphatic carbocycles. The van der Waals surface area contributed by atoms with Gasteiger partial charge in [-0.3, -0.25) is 15.3 Å². The van der Waals surface area contributed by atoms with Gasteiger partial charge in [0.05, 0.1) is 30.0 Å². The van der Waals surface area contributed by atoms with Gasteiger partial charge in [-0.05, 0) is 62.7 Å². The van der Waals surface area contributed by atoms with Crippen LogP contribution >= 0.6 is 0 Å².